The van der Waals surface area contributed by atoms with Crippen molar-refractivity contribution in [1.29, 1.82) is 0 Å². The Balaban J connectivity index is 0.00000169. The van der Waals surface area contributed by atoms with Gasteiger partial charge in [0.15, 0.2) is 0 Å². The van der Waals surface area contributed by atoms with Crippen molar-refractivity contribution in [3.05, 3.63) is 88.9 Å². The fourth-order valence-electron chi connectivity index (χ4n) is 6.30. The molecule has 0 unspecified atom stereocenters. The molecule has 2 aromatic heterocycles. The second kappa shape index (κ2) is 12.1. The number of carbonyl (C=O) groups excluding carboxylic acids is 3. The zero-order valence-electron chi connectivity index (χ0n) is 23.0. The highest BCUT2D eigenvalue weighted by molar-refractivity contribution is 6.06. The lowest BCUT2D eigenvalue weighted by Crippen LogP contribution is -2.59. The molecule has 2 aliphatic heterocycles. The lowest BCUT2D eigenvalue weighted by molar-refractivity contribution is -0.170. The van der Waals surface area contributed by atoms with E-state index < -0.39 is 48.0 Å². The summed E-state index contributed by atoms with van der Waals surface area (Å²) in [4.78, 5) is 49.0. The molecule has 11 nitrogen and oxygen atoms in total. The molecule has 1 saturated heterocycles. The van der Waals surface area contributed by atoms with Crippen molar-refractivity contribution >= 4 is 23.5 Å². The van der Waals surface area contributed by atoms with E-state index in [0.29, 0.717) is 24.4 Å². The summed E-state index contributed by atoms with van der Waals surface area (Å²) in [5, 5.41) is 5.49. The minimum Gasteiger partial charge on any atom is -0.412 e. The molecule has 3 amide bonds. The molecule has 4 atom stereocenters. The van der Waals surface area contributed by atoms with E-state index in [2.05, 4.69) is 20.6 Å². The second-order valence-corrected chi connectivity index (χ2v) is 10.7. The average Bonchev–Trinajstić information content (AvgIpc) is 3.44. The van der Waals surface area contributed by atoms with Crippen LogP contribution in [0.2, 0.25) is 0 Å². The number of aromatic nitrogens is 2. The number of carbonyl (C=O) groups is 3. The first-order chi connectivity index (χ1) is 19.1. The average molecular weight is 604 g/mol. The molecular weight excluding hydrogens is 571 g/mol. The van der Waals surface area contributed by atoms with E-state index in [0.717, 1.165) is 21.6 Å². The van der Waals surface area contributed by atoms with E-state index in [1.165, 1.54) is 6.20 Å². The number of pyridine rings is 2. The predicted molar refractivity (Wildman–Crippen MR) is 149 cm³/mol. The van der Waals surface area contributed by atoms with E-state index in [4.69, 9.17) is 0 Å². The zero-order valence-corrected chi connectivity index (χ0v) is 23.0. The monoisotopic (exact) mass is 603 g/mol. The number of likely N-dealkylation sites (tertiary alicyclic amines) is 1. The number of halogens is 3. The van der Waals surface area contributed by atoms with Crippen molar-refractivity contribution < 1.29 is 44.0 Å². The summed E-state index contributed by atoms with van der Waals surface area (Å²) in [7, 11) is 0. The van der Waals surface area contributed by atoms with Gasteiger partial charge < -0.3 is 32.0 Å². The summed E-state index contributed by atoms with van der Waals surface area (Å²) in [6, 6.07) is 12.4. The molecule has 230 valence electrons. The van der Waals surface area contributed by atoms with Crippen LogP contribution in [0.5, 0.6) is 0 Å². The topological polar surface area (TPSA) is 199 Å². The predicted octanol–water partition coefficient (Wildman–Crippen LogP) is 1.06. The number of benzene rings is 1. The lowest BCUT2D eigenvalue weighted by atomic mass is 9.80. The molecule has 4 heterocycles. The van der Waals surface area contributed by atoms with Gasteiger partial charge >= 0.3 is 6.18 Å². The molecule has 14 heteroatoms. The Morgan fingerprint density at radius 2 is 1.79 bits per heavy atom. The molecule has 43 heavy (non-hydrogen) atoms. The van der Waals surface area contributed by atoms with Crippen LogP contribution in [0, 0.1) is 0 Å². The van der Waals surface area contributed by atoms with Gasteiger partial charge in [-0.05, 0) is 43.0 Å². The van der Waals surface area contributed by atoms with E-state index in [9.17, 15) is 27.6 Å². The summed E-state index contributed by atoms with van der Waals surface area (Å²) in [5.41, 5.74) is 2.30. The molecule has 8 N–H and O–H groups in total. The van der Waals surface area contributed by atoms with Gasteiger partial charge in [-0.1, -0.05) is 36.4 Å². The third kappa shape index (κ3) is 5.81. The van der Waals surface area contributed by atoms with Gasteiger partial charge in [0.25, 0.3) is 5.91 Å². The zero-order chi connectivity index (χ0) is 28.2. The standard InChI is InChI=1S/C29H26F3N5O3.3H2O/c1-16-20(17-6-3-2-4-7-17)11-22(26(39)37(16)15-29(30,31)32)35-25(38)19-10-18-12-28(13-23(18)34-14-19)21-8-5-9-33-24(21)36-27(28)40;;;/h2-10,14,16,20,22H,11-13,15H2,1H3,(H,35,38)(H,33,36,40);3*1H2/t16-,20-,22+,28+;;;/m1.../s1. The number of piperidine rings is 1. The molecule has 0 radical (unpaired) electrons. The Morgan fingerprint density at radius 3 is 2.49 bits per heavy atom. The van der Waals surface area contributed by atoms with Crippen molar-refractivity contribution in [2.45, 2.75) is 55.8 Å². The first-order valence-corrected chi connectivity index (χ1v) is 13.0. The van der Waals surface area contributed by atoms with Crippen molar-refractivity contribution in [3.63, 3.8) is 0 Å². The van der Waals surface area contributed by atoms with Crippen molar-refractivity contribution in [2.24, 2.45) is 0 Å². The van der Waals surface area contributed by atoms with E-state index in [-0.39, 0.29) is 34.3 Å². The van der Waals surface area contributed by atoms with Crippen LogP contribution in [0.25, 0.3) is 0 Å². The van der Waals surface area contributed by atoms with Crippen molar-refractivity contribution in [3.8, 4) is 0 Å². The summed E-state index contributed by atoms with van der Waals surface area (Å²) in [6.45, 7) is 0.204. The van der Waals surface area contributed by atoms with Crippen LogP contribution in [-0.2, 0) is 27.8 Å². The SMILES string of the molecule is C[C@@H]1[C@H](c2ccccc2)C[C@H](NC(=O)c2cnc3c(c2)C[C@@]2(C3)C(=O)Nc3ncccc32)C(=O)N1CC(F)(F)F.O.O.O. The smallest absolute Gasteiger partial charge is 0.406 e. The van der Waals surface area contributed by atoms with Crippen LogP contribution in [0.15, 0.2) is 60.9 Å². The van der Waals surface area contributed by atoms with Crippen molar-refractivity contribution in [2.75, 3.05) is 11.9 Å². The van der Waals surface area contributed by atoms with Gasteiger partial charge in [-0.25, -0.2) is 4.98 Å². The van der Waals surface area contributed by atoms with E-state index in [1.54, 1.807) is 37.4 Å². The number of hydrogen-bond acceptors (Lipinski definition) is 5. The van der Waals surface area contributed by atoms with E-state index in [1.807, 2.05) is 24.3 Å². The molecule has 1 spiro atoms. The van der Waals surface area contributed by atoms with Gasteiger partial charge in [0.05, 0.1) is 11.0 Å². The second-order valence-electron chi connectivity index (χ2n) is 10.7. The Kier molecular flexibility index (Phi) is 9.29. The molecule has 0 bridgehead atoms. The minimum absolute atomic E-state index is 0. The normalized spacial score (nSPS) is 23.7. The van der Waals surface area contributed by atoms with Crippen LogP contribution in [0.3, 0.4) is 0 Å². The molecule has 1 aromatic carbocycles. The van der Waals surface area contributed by atoms with Gasteiger partial charge in [0.2, 0.25) is 11.8 Å². The number of fused-ring (bicyclic) bond motifs is 3. The van der Waals surface area contributed by atoms with Gasteiger partial charge in [0.1, 0.15) is 18.4 Å². The quantitative estimate of drug-likeness (QED) is 0.448. The van der Waals surface area contributed by atoms with Gasteiger partial charge in [-0.2, -0.15) is 13.2 Å². The third-order valence-corrected chi connectivity index (χ3v) is 8.30. The molecule has 1 aliphatic carbocycles. The highest BCUT2D eigenvalue weighted by Crippen LogP contribution is 2.46. The Hall–Kier alpha value is -4.40. The maximum atomic E-state index is 13.4. The number of hydrogen-bond donors (Lipinski definition) is 2. The van der Waals surface area contributed by atoms with Crippen LogP contribution < -0.4 is 10.6 Å². The number of nitrogens with one attached hydrogen (secondary N) is 2. The summed E-state index contributed by atoms with van der Waals surface area (Å²) < 4.78 is 40.3. The summed E-state index contributed by atoms with van der Waals surface area (Å²) in [5.74, 6) is -1.45. The molecule has 1 fully saturated rings. The Labute approximate surface area is 244 Å². The highest BCUT2D eigenvalue weighted by Gasteiger charge is 2.52. The number of nitrogens with zero attached hydrogens (tertiary/aromatic N) is 3. The Bertz CT molecular complexity index is 1520. The summed E-state index contributed by atoms with van der Waals surface area (Å²) >= 11 is 0. The van der Waals surface area contributed by atoms with Crippen LogP contribution >= 0.6 is 0 Å². The largest absolute Gasteiger partial charge is 0.412 e. The van der Waals surface area contributed by atoms with Crippen LogP contribution in [0.4, 0.5) is 19.0 Å². The number of amides is 3. The fraction of sp³-hybridized carbons (Fsp3) is 0.345. The third-order valence-electron chi connectivity index (χ3n) is 8.30. The fourth-order valence-corrected chi connectivity index (χ4v) is 6.30. The summed E-state index contributed by atoms with van der Waals surface area (Å²) in [6.07, 6.45) is -0.753. The lowest BCUT2D eigenvalue weighted by Gasteiger charge is -2.43. The van der Waals surface area contributed by atoms with Crippen molar-refractivity contribution in [1.82, 2.24) is 20.2 Å². The molecular formula is C29H32F3N5O6. The van der Waals surface area contributed by atoms with E-state index >= 15 is 0 Å². The minimum atomic E-state index is -4.59. The molecule has 3 aromatic rings. The number of alkyl halides is 3. The maximum Gasteiger partial charge on any atom is 0.406 e. The maximum absolute atomic E-state index is 13.4. The molecule has 3 aliphatic rings. The van der Waals surface area contributed by atoms with Gasteiger partial charge in [0, 0.05) is 42.0 Å². The number of rotatable bonds is 4. The van der Waals surface area contributed by atoms with Crippen LogP contribution in [0.1, 0.15) is 52.0 Å². The van der Waals surface area contributed by atoms with Crippen LogP contribution in [-0.4, -0.2) is 73.8 Å². The first kappa shape index (κ1) is 33.1. The van der Waals surface area contributed by atoms with Gasteiger partial charge in [-0.3, -0.25) is 19.4 Å². The Morgan fingerprint density at radius 1 is 1.07 bits per heavy atom. The first-order valence-electron chi connectivity index (χ1n) is 13.0. The number of anilines is 1. The molecule has 6 rings (SSSR count). The molecule has 0 saturated carbocycles. The highest BCUT2D eigenvalue weighted by atomic mass is 19.4. The van der Waals surface area contributed by atoms with Gasteiger partial charge in [-0.15, -0.1) is 0 Å².